The molecule has 0 bridgehead atoms. The summed E-state index contributed by atoms with van der Waals surface area (Å²) in [5.41, 5.74) is 2.07. The molecule has 25 heavy (non-hydrogen) atoms. The van der Waals surface area contributed by atoms with Crippen LogP contribution in [0.5, 0.6) is 5.75 Å². The van der Waals surface area contributed by atoms with Crippen LogP contribution in [0.25, 0.3) is 5.69 Å². The molecule has 0 atom stereocenters. The number of aliphatic carboxylic acids is 1. The van der Waals surface area contributed by atoms with Crippen molar-refractivity contribution in [3.63, 3.8) is 0 Å². The first-order chi connectivity index (χ1) is 12.0. The largest absolute Gasteiger partial charge is 0.497 e. The summed E-state index contributed by atoms with van der Waals surface area (Å²) in [4.78, 5) is 22.6. The molecule has 0 unspecified atom stereocenters. The van der Waals surface area contributed by atoms with Crippen molar-refractivity contribution in [2.45, 2.75) is 32.6 Å². The third-order valence-electron chi connectivity index (χ3n) is 3.79. The number of ether oxygens (including phenoxy) is 1. The lowest BCUT2D eigenvalue weighted by atomic mass is 10.2. The number of amides is 1. The molecule has 0 radical (unpaired) electrons. The summed E-state index contributed by atoms with van der Waals surface area (Å²) in [6.45, 7) is 2.40. The third-order valence-corrected chi connectivity index (χ3v) is 3.79. The number of unbranched alkanes of at least 4 members (excludes halogenated alkanes) is 2. The number of carbonyl (C=O) groups excluding carboxylic acids is 1. The second-order valence-electron chi connectivity index (χ2n) is 5.74. The minimum atomic E-state index is -0.788. The zero-order valence-corrected chi connectivity index (χ0v) is 14.5. The summed E-state index contributed by atoms with van der Waals surface area (Å²) in [7, 11) is 1.61. The molecule has 2 rings (SSSR count). The minimum absolute atomic E-state index is 0.166. The number of rotatable bonds is 9. The molecule has 7 heteroatoms. The molecule has 2 aromatic rings. The summed E-state index contributed by atoms with van der Waals surface area (Å²) in [6, 6.07) is 9.18. The van der Waals surface area contributed by atoms with Crippen LogP contribution in [0.15, 0.2) is 30.3 Å². The van der Waals surface area contributed by atoms with Crippen molar-refractivity contribution in [2.75, 3.05) is 13.7 Å². The second-order valence-corrected chi connectivity index (χ2v) is 5.74. The van der Waals surface area contributed by atoms with E-state index in [4.69, 9.17) is 9.84 Å². The zero-order chi connectivity index (χ0) is 18.2. The molecule has 0 spiro atoms. The average molecular weight is 345 g/mol. The summed E-state index contributed by atoms with van der Waals surface area (Å²) in [5, 5.41) is 15.7. The van der Waals surface area contributed by atoms with E-state index in [-0.39, 0.29) is 12.3 Å². The summed E-state index contributed by atoms with van der Waals surface area (Å²) in [6.07, 6.45) is 2.30. The van der Waals surface area contributed by atoms with Gasteiger partial charge in [0.05, 0.1) is 12.8 Å². The molecule has 2 N–H and O–H groups in total. The molecule has 0 aliphatic rings. The normalized spacial score (nSPS) is 10.5. The van der Waals surface area contributed by atoms with Crippen LogP contribution in [0.1, 0.15) is 41.9 Å². The number of hydrogen-bond donors (Lipinski definition) is 2. The van der Waals surface area contributed by atoms with Crippen LogP contribution in [0, 0.1) is 6.92 Å². The van der Waals surface area contributed by atoms with Crippen molar-refractivity contribution in [2.24, 2.45) is 0 Å². The Hall–Kier alpha value is -2.83. The predicted molar refractivity (Wildman–Crippen MR) is 93.3 cm³/mol. The fourth-order valence-electron chi connectivity index (χ4n) is 2.44. The standard InChI is InChI=1S/C18H23N3O4/c1-13-12-16(18(24)19-11-5-3-4-6-17(22)23)20-21(13)14-7-9-15(25-2)10-8-14/h7-10,12H,3-6,11H2,1-2H3,(H,19,24)(H,22,23). The lowest BCUT2D eigenvalue weighted by molar-refractivity contribution is -0.137. The maximum Gasteiger partial charge on any atom is 0.303 e. The van der Waals surface area contributed by atoms with Crippen molar-refractivity contribution in [1.29, 1.82) is 0 Å². The van der Waals surface area contributed by atoms with Crippen molar-refractivity contribution in [3.05, 3.63) is 41.7 Å². The highest BCUT2D eigenvalue weighted by Gasteiger charge is 2.13. The maximum atomic E-state index is 12.2. The summed E-state index contributed by atoms with van der Waals surface area (Å²) in [5.74, 6) is -0.258. The molecule has 0 saturated heterocycles. The van der Waals surface area contributed by atoms with Crippen LogP contribution in [-0.4, -0.2) is 40.4 Å². The van der Waals surface area contributed by atoms with Gasteiger partial charge in [0.25, 0.3) is 5.91 Å². The van der Waals surface area contributed by atoms with Gasteiger partial charge in [0, 0.05) is 18.7 Å². The first-order valence-corrected chi connectivity index (χ1v) is 8.22. The molecule has 0 aliphatic heterocycles. The Morgan fingerprint density at radius 3 is 2.56 bits per heavy atom. The smallest absolute Gasteiger partial charge is 0.303 e. The van der Waals surface area contributed by atoms with Gasteiger partial charge in [-0.05, 0) is 50.1 Å². The molecule has 1 amide bonds. The fraction of sp³-hybridized carbons (Fsp3) is 0.389. The van der Waals surface area contributed by atoms with Crippen molar-refractivity contribution >= 4 is 11.9 Å². The van der Waals surface area contributed by atoms with Gasteiger partial charge in [-0.3, -0.25) is 9.59 Å². The molecular formula is C18H23N3O4. The van der Waals surface area contributed by atoms with Gasteiger partial charge in [0.15, 0.2) is 5.69 Å². The van der Waals surface area contributed by atoms with Gasteiger partial charge in [0.2, 0.25) is 0 Å². The lowest BCUT2D eigenvalue weighted by Gasteiger charge is -2.05. The van der Waals surface area contributed by atoms with Gasteiger partial charge in [-0.2, -0.15) is 5.10 Å². The number of carboxylic acid groups (broad SMARTS) is 1. The van der Waals surface area contributed by atoms with E-state index in [1.165, 1.54) is 0 Å². The van der Waals surface area contributed by atoms with Gasteiger partial charge < -0.3 is 15.2 Å². The quantitative estimate of drug-likeness (QED) is 0.681. The van der Waals surface area contributed by atoms with E-state index in [9.17, 15) is 9.59 Å². The van der Waals surface area contributed by atoms with E-state index in [1.54, 1.807) is 17.9 Å². The monoisotopic (exact) mass is 345 g/mol. The fourth-order valence-corrected chi connectivity index (χ4v) is 2.44. The predicted octanol–water partition coefficient (Wildman–Crippen LogP) is 2.56. The molecule has 1 heterocycles. The molecule has 134 valence electrons. The molecule has 0 aliphatic carbocycles. The average Bonchev–Trinajstić information content (AvgIpc) is 2.99. The van der Waals surface area contributed by atoms with Gasteiger partial charge >= 0.3 is 5.97 Å². The topological polar surface area (TPSA) is 93.5 Å². The lowest BCUT2D eigenvalue weighted by Crippen LogP contribution is -2.25. The van der Waals surface area contributed by atoms with E-state index in [2.05, 4.69) is 10.4 Å². The Bertz CT molecular complexity index is 722. The number of nitrogens with one attached hydrogen (secondary N) is 1. The minimum Gasteiger partial charge on any atom is -0.497 e. The number of hydrogen-bond acceptors (Lipinski definition) is 4. The Balaban J connectivity index is 1.89. The van der Waals surface area contributed by atoms with Gasteiger partial charge in [-0.15, -0.1) is 0 Å². The number of carboxylic acids is 1. The Labute approximate surface area is 146 Å². The molecular weight excluding hydrogens is 322 g/mol. The van der Waals surface area contributed by atoms with E-state index in [0.717, 1.165) is 30.0 Å². The highest BCUT2D eigenvalue weighted by atomic mass is 16.5. The number of aryl methyl sites for hydroxylation is 1. The van der Waals surface area contributed by atoms with Crippen LogP contribution in [0.4, 0.5) is 0 Å². The van der Waals surface area contributed by atoms with Gasteiger partial charge in [-0.25, -0.2) is 4.68 Å². The van der Waals surface area contributed by atoms with Gasteiger partial charge in [0.1, 0.15) is 5.75 Å². The number of methoxy groups -OCH3 is 1. The molecule has 0 fully saturated rings. The SMILES string of the molecule is COc1ccc(-n2nc(C(=O)NCCCCCC(=O)O)cc2C)cc1. The van der Waals surface area contributed by atoms with E-state index >= 15 is 0 Å². The van der Waals surface area contributed by atoms with Crippen molar-refractivity contribution < 1.29 is 19.4 Å². The number of nitrogens with zero attached hydrogens (tertiary/aromatic N) is 2. The van der Waals surface area contributed by atoms with Gasteiger partial charge in [-0.1, -0.05) is 6.42 Å². The summed E-state index contributed by atoms with van der Waals surface area (Å²) < 4.78 is 6.85. The van der Waals surface area contributed by atoms with Crippen LogP contribution in [0.2, 0.25) is 0 Å². The highest BCUT2D eigenvalue weighted by Crippen LogP contribution is 2.16. The van der Waals surface area contributed by atoms with Crippen LogP contribution >= 0.6 is 0 Å². The molecule has 1 aromatic heterocycles. The molecule has 0 saturated carbocycles. The van der Waals surface area contributed by atoms with Crippen LogP contribution < -0.4 is 10.1 Å². The second kappa shape index (κ2) is 8.86. The van der Waals surface area contributed by atoms with Crippen molar-refractivity contribution in [3.8, 4) is 11.4 Å². The molecule has 1 aromatic carbocycles. The van der Waals surface area contributed by atoms with E-state index in [1.807, 2.05) is 31.2 Å². The highest BCUT2D eigenvalue weighted by molar-refractivity contribution is 5.92. The first-order valence-electron chi connectivity index (χ1n) is 8.22. The first kappa shape index (κ1) is 18.5. The van der Waals surface area contributed by atoms with Crippen molar-refractivity contribution in [1.82, 2.24) is 15.1 Å². The zero-order valence-electron chi connectivity index (χ0n) is 14.5. The Morgan fingerprint density at radius 1 is 1.20 bits per heavy atom. The third kappa shape index (κ3) is 5.34. The number of benzene rings is 1. The van der Waals surface area contributed by atoms with E-state index in [0.29, 0.717) is 18.7 Å². The Kier molecular flexibility index (Phi) is 6.56. The van der Waals surface area contributed by atoms with Crippen LogP contribution in [0.3, 0.4) is 0 Å². The summed E-state index contributed by atoms with van der Waals surface area (Å²) >= 11 is 0. The molecule has 7 nitrogen and oxygen atoms in total. The van der Waals surface area contributed by atoms with Crippen LogP contribution in [-0.2, 0) is 4.79 Å². The number of aromatic nitrogens is 2. The maximum absolute atomic E-state index is 12.2. The van der Waals surface area contributed by atoms with E-state index < -0.39 is 5.97 Å². The number of carbonyl (C=O) groups is 2. The Morgan fingerprint density at radius 2 is 1.92 bits per heavy atom.